The summed E-state index contributed by atoms with van der Waals surface area (Å²) < 4.78 is 0. The molecular weight excluding hydrogens is 280 g/mol. The SMILES string of the molecule is CCC(C)c1nc(N2CCN(C(C)C)CC2)sc1CNC. The van der Waals surface area contributed by atoms with E-state index < -0.39 is 0 Å². The number of thiazole rings is 1. The van der Waals surface area contributed by atoms with Gasteiger partial charge in [0, 0.05) is 43.6 Å². The van der Waals surface area contributed by atoms with Gasteiger partial charge in [0.05, 0.1) is 5.69 Å². The maximum Gasteiger partial charge on any atom is 0.185 e. The van der Waals surface area contributed by atoms with Gasteiger partial charge in [0.15, 0.2) is 5.13 Å². The molecule has 1 aliphatic heterocycles. The van der Waals surface area contributed by atoms with E-state index in [4.69, 9.17) is 4.98 Å². The Kier molecular flexibility index (Phi) is 6.02. The number of piperazine rings is 1. The Morgan fingerprint density at radius 2 is 1.86 bits per heavy atom. The summed E-state index contributed by atoms with van der Waals surface area (Å²) in [5.41, 5.74) is 1.30. The molecule has 0 spiro atoms. The summed E-state index contributed by atoms with van der Waals surface area (Å²) in [5.74, 6) is 0.551. The molecule has 0 aromatic carbocycles. The molecule has 5 heteroatoms. The number of anilines is 1. The standard InChI is InChI=1S/C16H30N4S/c1-6-13(4)15-14(11-17-5)21-16(18-15)20-9-7-19(8-10-20)12(2)3/h12-13,17H,6-11H2,1-5H3. The first-order chi connectivity index (χ1) is 10.1. The fraction of sp³-hybridized carbons (Fsp3) is 0.812. The van der Waals surface area contributed by atoms with Crippen LogP contribution in [0.4, 0.5) is 5.13 Å². The molecule has 0 saturated carbocycles. The Hall–Kier alpha value is -0.650. The zero-order chi connectivity index (χ0) is 15.4. The van der Waals surface area contributed by atoms with Crippen molar-refractivity contribution >= 4 is 16.5 Å². The first-order valence-corrected chi connectivity index (χ1v) is 9.01. The second-order valence-corrected chi connectivity index (χ2v) is 7.32. The molecule has 120 valence electrons. The van der Waals surface area contributed by atoms with Gasteiger partial charge in [0.2, 0.25) is 0 Å². The maximum absolute atomic E-state index is 4.98. The van der Waals surface area contributed by atoms with Crippen molar-refractivity contribution in [3.63, 3.8) is 0 Å². The van der Waals surface area contributed by atoms with Crippen molar-refractivity contribution in [1.29, 1.82) is 0 Å². The molecule has 1 aliphatic rings. The van der Waals surface area contributed by atoms with Gasteiger partial charge in [-0.1, -0.05) is 13.8 Å². The lowest BCUT2D eigenvalue weighted by molar-refractivity contribution is 0.209. The van der Waals surface area contributed by atoms with Crippen molar-refractivity contribution in [2.75, 3.05) is 38.1 Å². The topological polar surface area (TPSA) is 31.4 Å². The van der Waals surface area contributed by atoms with Crippen molar-refractivity contribution in [2.24, 2.45) is 0 Å². The van der Waals surface area contributed by atoms with Gasteiger partial charge in [-0.25, -0.2) is 4.98 Å². The monoisotopic (exact) mass is 310 g/mol. The smallest absolute Gasteiger partial charge is 0.185 e. The summed E-state index contributed by atoms with van der Waals surface area (Å²) in [5, 5.41) is 4.51. The van der Waals surface area contributed by atoms with Gasteiger partial charge < -0.3 is 10.2 Å². The molecule has 1 atom stereocenters. The van der Waals surface area contributed by atoms with E-state index >= 15 is 0 Å². The Labute approximate surface area is 133 Å². The van der Waals surface area contributed by atoms with Crippen LogP contribution in [-0.4, -0.2) is 49.2 Å². The minimum Gasteiger partial charge on any atom is -0.346 e. The average Bonchev–Trinajstić information content (AvgIpc) is 2.91. The van der Waals surface area contributed by atoms with Crippen LogP contribution in [0.15, 0.2) is 0 Å². The third-order valence-corrected chi connectivity index (χ3v) is 5.58. The molecule has 2 rings (SSSR count). The van der Waals surface area contributed by atoms with Crippen molar-refractivity contribution in [3.8, 4) is 0 Å². The van der Waals surface area contributed by atoms with Crippen LogP contribution in [0.3, 0.4) is 0 Å². The molecular formula is C16H30N4S. The van der Waals surface area contributed by atoms with Crippen molar-refractivity contribution in [2.45, 2.75) is 52.6 Å². The molecule has 1 aromatic heterocycles. The number of hydrogen-bond donors (Lipinski definition) is 1. The van der Waals surface area contributed by atoms with Crippen LogP contribution in [-0.2, 0) is 6.54 Å². The highest BCUT2D eigenvalue weighted by atomic mass is 32.1. The van der Waals surface area contributed by atoms with Crippen molar-refractivity contribution < 1.29 is 0 Å². The van der Waals surface area contributed by atoms with E-state index in [0.717, 1.165) is 39.1 Å². The molecule has 1 unspecified atom stereocenters. The van der Waals surface area contributed by atoms with Crippen LogP contribution in [0.2, 0.25) is 0 Å². The van der Waals surface area contributed by atoms with Crippen LogP contribution >= 0.6 is 11.3 Å². The fourth-order valence-corrected chi connectivity index (χ4v) is 4.03. The maximum atomic E-state index is 4.98. The normalized spacial score (nSPS) is 18.5. The Morgan fingerprint density at radius 3 is 2.38 bits per heavy atom. The Morgan fingerprint density at radius 1 is 1.19 bits per heavy atom. The lowest BCUT2D eigenvalue weighted by atomic mass is 10.0. The second kappa shape index (κ2) is 7.56. The van der Waals surface area contributed by atoms with Crippen LogP contribution in [0, 0.1) is 0 Å². The van der Waals surface area contributed by atoms with E-state index in [0.29, 0.717) is 12.0 Å². The number of rotatable bonds is 6. The fourth-order valence-electron chi connectivity index (χ4n) is 2.78. The molecule has 21 heavy (non-hydrogen) atoms. The molecule has 4 nitrogen and oxygen atoms in total. The van der Waals surface area contributed by atoms with E-state index in [9.17, 15) is 0 Å². The third-order valence-electron chi connectivity index (χ3n) is 4.45. The van der Waals surface area contributed by atoms with E-state index in [2.05, 4.69) is 42.8 Å². The van der Waals surface area contributed by atoms with E-state index in [1.165, 1.54) is 15.7 Å². The number of aromatic nitrogens is 1. The molecule has 1 aromatic rings. The highest BCUT2D eigenvalue weighted by Crippen LogP contribution is 2.32. The van der Waals surface area contributed by atoms with Gasteiger partial charge in [0.25, 0.3) is 0 Å². The number of nitrogens with one attached hydrogen (secondary N) is 1. The zero-order valence-corrected chi connectivity index (χ0v) is 15.0. The van der Waals surface area contributed by atoms with E-state index in [-0.39, 0.29) is 0 Å². The summed E-state index contributed by atoms with van der Waals surface area (Å²) >= 11 is 1.88. The Bertz CT molecular complexity index is 435. The highest BCUT2D eigenvalue weighted by Gasteiger charge is 2.23. The van der Waals surface area contributed by atoms with Gasteiger partial charge in [-0.15, -0.1) is 11.3 Å². The molecule has 2 heterocycles. The second-order valence-electron chi connectivity index (χ2n) is 6.26. The van der Waals surface area contributed by atoms with Crippen LogP contribution in [0.25, 0.3) is 0 Å². The molecule has 0 amide bonds. The van der Waals surface area contributed by atoms with Crippen molar-refractivity contribution in [1.82, 2.24) is 15.2 Å². The lowest BCUT2D eigenvalue weighted by Gasteiger charge is -2.36. The zero-order valence-electron chi connectivity index (χ0n) is 14.1. The largest absolute Gasteiger partial charge is 0.346 e. The van der Waals surface area contributed by atoms with Gasteiger partial charge >= 0.3 is 0 Å². The molecule has 0 bridgehead atoms. The lowest BCUT2D eigenvalue weighted by Crippen LogP contribution is -2.48. The highest BCUT2D eigenvalue weighted by molar-refractivity contribution is 7.15. The van der Waals surface area contributed by atoms with Crippen LogP contribution < -0.4 is 10.2 Å². The minimum absolute atomic E-state index is 0.551. The Balaban J connectivity index is 2.10. The summed E-state index contributed by atoms with van der Waals surface area (Å²) in [6.45, 7) is 14.5. The predicted molar refractivity (Wildman–Crippen MR) is 92.5 cm³/mol. The summed E-state index contributed by atoms with van der Waals surface area (Å²) in [7, 11) is 2.02. The summed E-state index contributed by atoms with van der Waals surface area (Å²) in [4.78, 5) is 11.4. The van der Waals surface area contributed by atoms with Gasteiger partial charge in [0.1, 0.15) is 0 Å². The molecule has 1 saturated heterocycles. The van der Waals surface area contributed by atoms with E-state index in [1.54, 1.807) is 0 Å². The first-order valence-electron chi connectivity index (χ1n) is 8.20. The number of hydrogen-bond acceptors (Lipinski definition) is 5. The minimum atomic E-state index is 0.551. The van der Waals surface area contributed by atoms with Crippen LogP contribution in [0.5, 0.6) is 0 Å². The van der Waals surface area contributed by atoms with Gasteiger partial charge in [-0.2, -0.15) is 0 Å². The quantitative estimate of drug-likeness (QED) is 0.875. The molecule has 1 N–H and O–H groups in total. The third kappa shape index (κ3) is 3.96. The predicted octanol–water partition coefficient (Wildman–Crippen LogP) is 2.91. The first kappa shape index (κ1) is 16.7. The molecule has 0 radical (unpaired) electrons. The van der Waals surface area contributed by atoms with Gasteiger partial charge in [-0.3, -0.25) is 4.90 Å². The average molecular weight is 311 g/mol. The summed E-state index contributed by atoms with van der Waals surface area (Å²) in [6.07, 6.45) is 1.15. The van der Waals surface area contributed by atoms with Gasteiger partial charge in [-0.05, 0) is 33.2 Å². The summed E-state index contributed by atoms with van der Waals surface area (Å²) in [6, 6.07) is 0.652. The molecule has 1 fully saturated rings. The van der Waals surface area contributed by atoms with E-state index in [1.807, 2.05) is 18.4 Å². The number of nitrogens with zero attached hydrogens (tertiary/aromatic N) is 3. The van der Waals surface area contributed by atoms with Crippen molar-refractivity contribution in [3.05, 3.63) is 10.6 Å². The van der Waals surface area contributed by atoms with Crippen LogP contribution in [0.1, 0.15) is 50.6 Å². The molecule has 0 aliphatic carbocycles.